The van der Waals surface area contributed by atoms with E-state index >= 15 is 0 Å². The van der Waals surface area contributed by atoms with Crippen LogP contribution in [-0.4, -0.2) is 42.8 Å². The highest BCUT2D eigenvalue weighted by Gasteiger charge is 2.32. The fourth-order valence-corrected chi connectivity index (χ4v) is 3.08. The first-order valence-corrected chi connectivity index (χ1v) is 8.27. The Balaban J connectivity index is 2.56. The molecule has 3 atom stereocenters. The van der Waals surface area contributed by atoms with Gasteiger partial charge in [-0.3, -0.25) is 4.90 Å². The molecule has 1 aliphatic heterocycles. The van der Waals surface area contributed by atoms with E-state index in [1.54, 1.807) is 0 Å². The Morgan fingerprint density at radius 3 is 2.43 bits per heavy atom. The van der Waals surface area contributed by atoms with E-state index in [4.69, 9.17) is 0 Å². The van der Waals surface area contributed by atoms with Gasteiger partial charge < -0.3 is 5.32 Å². The Labute approximate surface area is 127 Å². The van der Waals surface area contributed by atoms with Gasteiger partial charge in [0.2, 0.25) is 0 Å². The zero-order valence-corrected chi connectivity index (χ0v) is 13.8. The number of piperazine rings is 1. The summed E-state index contributed by atoms with van der Waals surface area (Å²) in [7, 11) is 0. The molecule has 0 saturated carbocycles. The molecular formula is C16H31F3N2. The molecule has 126 valence electrons. The molecule has 1 fully saturated rings. The molecule has 1 N–H and O–H groups in total. The Kier molecular flexibility index (Phi) is 7.48. The lowest BCUT2D eigenvalue weighted by molar-refractivity contribution is -0.136. The molecule has 0 radical (unpaired) electrons. The predicted molar refractivity (Wildman–Crippen MR) is 81.4 cm³/mol. The van der Waals surface area contributed by atoms with Crippen molar-refractivity contribution < 1.29 is 13.2 Å². The molecule has 0 aromatic rings. The van der Waals surface area contributed by atoms with Crippen LogP contribution in [0.4, 0.5) is 13.2 Å². The van der Waals surface area contributed by atoms with Crippen molar-refractivity contribution >= 4 is 0 Å². The third kappa shape index (κ3) is 7.00. The Bertz CT molecular complexity index is 292. The van der Waals surface area contributed by atoms with Gasteiger partial charge in [0.05, 0.1) is 0 Å². The van der Waals surface area contributed by atoms with Crippen molar-refractivity contribution in [1.29, 1.82) is 0 Å². The van der Waals surface area contributed by atoms with Gasteiger partial charge >= 0.3 is 6.18 Å². The van der Waals surface area contributed by atoms with E-state index in [1.807, 2.05) is 0 Å². The van der Waals surface area contributed by atoms with Crippen LogP contribution in [0.3, 0.4) is 0 Å². The van der Waals surface area contributed by atoms with Gasteiger partial charge in [0.25, 0.3) is 0 Å². The van der Waals surface area contributed by atoms with Crippen LogP contribution >= 0.6 is 0 Å². The van der Waals surface area contributed by atoms with Crippen LogP contribution in [-0.2, 0) is 0 Å². The highest BCUT2D eigenvalue weighted by atomic mass is 19.4. The third-order valence-electron chi connectivity index (χ3n) is 4.54. The molecule has 5 heteroatoms. The molecule has 0 bridgehead atoms. The highest BCUT2D eigenvalue weighted by Crippen LogP contribution is 2.24. The highest BCUT2D eigenvalue weighted by molar-refractivity contribution is 4.88. The second kappa shape index (κ2) is 8.37. The van der Waals surface area contributed by atoms with E-state index < -0.39 is 12.6 Å². The van der Waals surface area contributed by atoms with E-state index in [2.05, 4.69) is 37.9 Å². The summed E-state index contributed by atoms with van der Waals surface area (Å²) in [5.74, 6) is 1.14. The van der Waals surface area contributed by atoms with Crippen molar-refractivity contribution in [3.8, 4) is 0 Å². The van der Waals surface area contributed by atoms with Crippen molar-refractivity contribution in [3.05, 3.63) is 0 Å². The summed E-state index contributed by atoms with van der Waals surface area (Å²) in [5, 5.41) is 3.60. The average molecular weight is 308 g/mol. The van der Waals surface area contributed by atoms with Crippen molar-refractivity contribution in [2.45, 2.75) is 71.6 Å². The largest absolute Gasteiger partial charge is 0.389 e. The lowest BCUT2D eigenvalue weighted by Gasteiger charge is -2.43. The van der Waals surface area contributed by atoms with Gasteiger partial charge in [0, 0.05) is 31.6 Å². The molecule has 1 rings (SSSR count). The molecule has 3 unspecified atom stereocenters. The minimum atomic E-state index is -4.03. The van der Waals surface area contributed by atoms with Gasteiger partial charge in [-0.05, 0) is 31.2 Å². The van der Waals surface area contributed by atoms with Gasteiger partial charge in [-0.1, -0.05) is 34.1 Å². The van der Waals surface area contributed by atoms with Gasteiger partial charge in [0.15, 0.2) is 0 Å². The van der Waals surface area contributed by atoms with Crippen LogP contribution in [0.25, 0.3) is 0 Å². The summed E-state index contributed by atoms with van der Waals surface area (Å²) in [6.07, 6.45) is -2.34. The maximum atomic E-state index is 12.3. The second-order valence-electron chi connectivity index (χ2n) is 6.90. The van der Waals surface area contributed by atoms with E-state index in [9.17, 15) is 13.2 Å². The van der Waals surface area contributed by atoms with Crippen molar-refractivity contribution in [1.82, 2.24) is 10.2 Å². The van der Waals surface area contributed by atoms with Crippen LogP contribution in [0.2, 0.25) is 0 Å². The Morgan fingerprint density at radius 1 is 1.24 bits per heavy atom. The van der Waals surface area contributed by atoms with Crippen LogP contribution in [0.15, 0.2) is 0 Å². The summed E-state index contributed by atoms with van der Waals surface area (Å²) in [6, 6.07) is 0.780. The Morgan fingerprint density at radius 2 is 1.90 bits per heavy atom. The van der Waals surface area contributed by atoms with Crippen LogP contribution in [0.5, 0.6) is 0 Å². The summed E-state index contributed by atoms with van der Waals surface area (Å²) in [6.45, 7) is 11.1. The second-order valence-corrected chi connectivity index (χ2v) is 6.90. The Hall–Kier alpha value is -0.290. The zero-order chi connectivity index (χ0) is 16.0. The average Bonchev–Trinajstić information content (AvgIpc) is 2.37. The molecule has 1 saturated heterocycles. The SMILES string of the molecule is CCC(C)C1CN(CCCC(F)(F)F)C(CC(C)C)CN1. The standard InChI is InChI=1S/C16H31F3N2/c1-5-13(4)15-11-21(8-6-7-16(17,18)19)14(10-20-15)9-12(2)3/h12-15,20H,5-11H2,1-4H3. The number of hydrogen-bond acceptors (Lipinski definition) is 2. The van der Waals surface area contributed by atoms with Crippen LogP contribution < -0.4 is 5.32 Å². The summed E-state index contributed by atoms with van der Waals surface area (Å²) >= 11 is 0. The monoisotopic (exact) mass is 308 g/mol. The number of nitrogens with one attached hydrogen (secondary N) is 1. The fraction of sp³-hybridized carbons (Fsp3) is 1.00. The first kappa shape index (κ1) is 18.8. The quantitative estimate of drug-likeness (QED) is 0.763. The molecule has 1 heterocycles. The molecule has 2 nitrogen and oxygen atoms in total. The van der Waals surface area contributed by atoms with Crippen LogP contribution in [0.1, 0.15) is 53.4 Å². The number of rotatable bonds is 7. The van der Waals surface area contributed by atoms with Gasteiger partial charge in [-0.25, -0.2) is 0 Å². The molecule has 21 heavy (non-hydrogen) atoms. The number of hydrogen-bond donors (Lipinski definition) is 1. The fourth-order valence-electron chi connectivity index (χ4n) is 3.08. The normalized spacial score (nSPS) is 26.3. The molecule has 0 aromatic carbocycles. The third-order valence-corrected chi connectivity index (χ3v) is 4.54. The maximum absolute atomic E-state index is 12.3. The molecule has 0 aromatic heterocycles. The smallest absolute Gasteiger partial charge is 0.311 e. The van der Waals surface area contributed by atoms with Crippen molar-refractivity contribution in [2.75, 3.05) is 19.6 Å². The first-order valence-electron chi connectivity index (χ1n) is 8.27. The molecule has 1 aliphatic rings. The topological polar surface area (TPSA) is 15.3 Å². The maximum Gasteiger partial charge on any atom is 0.389 e. The number of nitrogens with zero attached hydrogens (tertiary/aromatic N) is 1. The van der Waals surface area contributed by atoms with Gasteiger partial charge in [0.1, 0.15) is 0 Å². The van der Waals surface area contributed by atoms with E-state index in [0.717, 1.165) is 25.9 Å². The number of halogens is 3. The van der Waals surface area contributed by atoms with E-state index in [0.29, 0.717) is 30.5 Å². The first-order chi connectivity index (χ1) is 9.73. The number of alkyl halides is 3. The van der Waals surface area contributed by atoms with Crippen molar-refractivity contribution in [3.63, 3.8) is 0 Å². The minimum Gasteiger partial charge on any atom is -0.311 e. The summed E-state index contributed by atoms with van der Waals surface area (Å²) < 4.78 is 37.0. The lowest BCUT2D eigenvalue weighted by atomic mass is 9.92. The molecular weight excluding hydrogens is 277 g/mol. The summed E-state index contributed by atoms with van der Waals surface area (Å²) in [4.78, 5) is 2.29. The summed E-state index contributed by atoms with van der Waals surface area (Å²) in [5.41, 5.74) is 0. The van der Waals surface area contributed by atoms with Crippen LogP contribution in [0, 0.1) is 11.8 Å². The minimum absolute atomic E-state index is 0.214. The lowest BCUT2D eigenvalue weighted by Crippen LogP contribution is -2.58. The predicted octanol–water partition coefficient (Wildman–Crippen LogP) is 4.06. The molecule has 0 amide bonds. The zero-order valence-electron chi connectivity index (χ0n) is 13.8. The molecule has 0 spiro atoms. The van der Waals surface area contributed by atoms with Gasteiger partial charge in [-0.15, -0.1) is 0 Å². The van der Waals surface area contributed by atoms with E-state index in [1.165, 1.54) is 0 Å². The molecule has 0 aliphatic carbocycles. The van der Waals surface area contributed by atoms with Gasteiger partial charge in [-0.2, -0.15) is 13.2 Å². The van der Waals surface area contributed by atoms with E-state index in [-0.39, 0.29) is 6.42 Å². The van der Waals surface area contributed by atoms with Crippen molar-refractivity contribution in [2.24, 2.45) is 11.8 Å².